The molecule has 0 heterocycles. The second kappa shape index (κ2) is 5.59. The van der Waals surface area contributed by atoms with Crippen LogP contribution in [0.3, 0.4) is 0 Å². The van der Waals surface area contributed by atoms with Gasteiger partial charge in [-0.15, -0.1) is 6.58 Å². The molecule has 15 heavy (non-hydrogen) atoms. The van der Waals surface area contributed by atoms with Crippen LogP contribution in [0.4, 0.5) is 5.69 Å². The van der Waals surface area contributed by atoms with Gasteiger partial charge in [-0.2, -0.15) is 0 Å². The molecule has 0 aromatic heterocycles. The Labute approximate surface area is 93.4 Å². The number of hydrogen-bond acceptors (Lipinski definition) is 1. The lowest BCUT2D eigenvalue weighted by Crippen LogP contribution is -2.21. The summed E-state index contributed by atoms with van der Waals surface area (Å²) in [5.74, 6) is 0.441. The van der Waals surface area contributed by atoms with Crippen molar-refractivity contribution in [1.29, 1.82) is 0 Å². The topological polar surface area (TPSA) is 3.24 Å². The summed E-state index contributed by atoms with van der Waals surface area (Å²) >= 11 is 0. The number of allylic oxidation sites excluding steroid dienone is 1. The van der Waals surface area contributed by atoms with Crippen molar-refractivity contribution >= 4 is 5.69 Å². The molecule has 0 aliphatic heterocycles. The zero-order valence-electron chi connectivity index (χ0n) is 10.0. The third-order valence-corrected chi connectivity index (χ3v) is 2.90. The van der Waals surface area contributed by atoms with Crippen LogP contribution in [0, 0.1) is 0 Å². The van der Waals surface area contributed by atoms with Gasteiger partial charge in [0.2, 0.25) is 0 Å². The molecular formula is C14H21N. The standard InChI is InChI=1S/C14H21N/c1-5-12(4)13-8-10-14(11-9-13)15(6-2)7-3/h5,8-12H,1,6-7H2,2-4H3. The van der Waals surface area contributed by atoms with Crippen LogP contribution in [0.5, 0.6) is 0 Å². The summed E-state index contributed by atoms with van der Waals surface area (Å²) in [6.07, 6.45) is 1.98. The Balaban J connectivity index is 2.84. The second-order valence-electron chi connectivity index (χ2n) is 3.79. The summed E-state index contributed by atoms with van der Waals surface area (Å²) in [4.78, 5) is 2.35. The highest BCUT2D eigenvalue weighted by molar-refractivity contribution is 5.48. The van der Waals surface area contributed by atoms with Crippen LogP contribution >= 0.6 is 0 Å². The van der Waals surface area contributed by atoms with Gasteiger partial charge >= 0.3 is 0 Å². The fourth-order valence-electron chi connectivity index (χ4n) is 1.71. The summed E-state index contributed by atoms with van der Waals surface area (Å²) in [6.45, 7) is 12.5. The minimum absolute atomic E-state index is 0.441. The van der Waals surface area contributed by atoms with Gasteiger partial charge in [0.15, 0.2) is 0 Å². The second-order valence-corrected chi connectivity index (χ2v) is 3.79. The lowest BCUT2D eigenvalue weighted by Gasteiger charge is -2.21. The van der Waals surface area contributed by atoms with E-state index in [9.17, 15) is 0 Å². The molecule has 0 amide bonds. The van der Waals surface area contributed by atoms with Crippen LogP contribution in [0.15, 0.2) is 36.9 Å². The normalized spacial score (nSPS) is 12.2. The average Bonchev–Trinajstić information content (AvgIpc) is 2.30. The highest BCUT2D eigenvalue weighted by Crippen LogP contribution is 2.20. The molecule has 1 nitrogen and oxygen atoms in total. The third-order valence-electron chi connectivity index (χ3n) is 2.90. The van der Waals surface area contributed by atoms with E-state index in [0.717, 1.165) is 13.1 Å². The third kappa shape index (κ3) is 2.85. The predicted octanol–water partition coefficient (Wildman–Crippen LogP) is 3.82. The van der Waals surface area contributed by atoms with E-state index in [-0.39, 0.29) is 0 Å². The Hall–Kier alpha value is -1.24. The molecule has 1 heteroatoms. The van der Waals surface area contributed by atoms with E-state index in [1.54, 1.807) is 0 Å². The van der Waals surface area contributed by atoms with Crippen molar-refractivity contribution in [2.45, 2.75) is 26.7 Å². The van der Waals surface area contributed by atoms with Gasteiger partial charge in [-0.1, -0.05) is 25.1 Å². The van der Waals surface area contributed by atoms with Gasteiger partial charge < -0.3 is 4.90 Å². The van der Waals surface area contributed by atoms with Crippen molar-refractivity contribution < 1.29 is 0 Å². The molecule has 0 radical (unpaired) electrons. The fraction of sp³-hybridized carbons (Fsp3) is 0.429. The SMILES string of the molecule is C=CC(C)c1ccc(N(CC)CC)cc1. The minimum atomic E-state index is 0.441. The summed E-state index contributed by atoms with van der Waals surface area (Å²) in [7, 11) is 0. The van der Waals surface area contributed by atoms with Crippen LogP contribution in [0.2, 0.25) is 0 Å². The van der Waals surface area contributed by atoms with Crippen molar-refractivity contribution in [1.82, 2.24) is 0 Å². The highest BCUT2D eigenvalue weighted by atomic mass is 15.1. The van der Waals surface area contributed by atoms with Crippen LogP contribution in [-0.2, 0) is 0 Å². The lowest BCUT2D eigenvalue weighted by molar-refractivity contribution is 0.864. The maximum Gasteiger partial charge on any atom is 0.0366 e. The predicted molar refractivity (Wildman–Crippen MR) is 68.6 cm³/mol. The molecule has 0 spiro atoms. The van der Waals surface area contributed by atoms with E-state index in [4.69, 9.17) is 0 Å². The maximum atomic E-state index is 3.82. The van der Waals surface area contributed by atoms with Gasteiger partial charge in [-0.25, -0.2) is 0 Å². The van der Waals surface area contributed by atoms with Crippen molar-refractivity contribution in [3.63, 3.8) is 0 Å². The number of rotatable bonds is 5. The fourth-order valence-corrected chi connectivity index (χ4v) is 1.71. The van der Waals surface area contributed by atoms with Crippen LogP contribution in [0.1, 0.15) is 32.3 Å². The average molecular weight is 203 g/mol. The monoisotopic (exact) mass is 203 g/mol. The van der Waals surface area contributed by atoms with Gasteiger partial charge in [0, 0.05) is 18.8 Å². The lowest BCUT2D eigenvalue weighted by atomic mass is 10.0. The molecule has 0 N–H and O–H groups in total. The molecule has 1 atom stereocenters. The van der Waals surface area contributed by atoms with Gasteiger partial charge in [-0.05, 0) is 37.5 Å². The van der Waals surface area contributed by atoms with E-state index in [1.165, 1.54) is 11.3 Å². The first-order valence-corrected chi connectivity index (χ1v) is 5.70. The van der Waals surface area contributed by atoms with E-state index in [1.807, 2.05) is 6.08 Å². The zero-order chi connectivity index (χ0) is 11.3. The van der Waals surface area contributed by atoms with E-state index in [0.29, 0.717) is 5.92 Å². The molecule has 1 rings (SSSR count). The van der Waals surface area contributed by atoms with E-state index < -0.39 is 0 Å². The number of benzene rings is 1. The molecule has 0 saturated carbocycles. The first-order valence-electron chi connectivity index (χ1n) is 5.70. The molecule has 0 aliphatic carbocycles. The summed E-state index contributed by atoms with van der Waals surface area (Å²) in [5, 5.41) is 0. The van der Waals surface area contributed by atoms with E-state index in [2.05, 4.69) is 56.5 Å². The zero-order valence-corrected chi connectivity index (χ0v) is 10.0. The van der Waals surface area contributed by atoms with Gasteiger partial charge in [0.05, 0.1) is 0 Å². The molecule has 82 valence electrons. The highest BCUT2D eigenvalue weighted by Gasteiger charge is 2.03. The van der Waals surface area contributed by atoms with Crippen molar-refractivity contribution in [2.24, 2.45) is 0 Å². The molecule has 0 saturated heterocycles. The largest absolute Gasteiger partial charge is 0.372 e. The Morgan fingerprint density at radius 1 is 1.20 bits per heavy atom. The molecule has 0 fully saturated rings. The van der Waals surface area contributed by atoms with Crippen LogP contribution in [0.25, 0.3) is 0 Å². The molecule has 1 unspecified atom stereocenters. The van der Waals surface area contributed by atoms with Crippen LogP contribution < -0.4 is 4.90 Å². The van der Waals surface area contributed by atoms with Crippen LogP contribution in [-0.4, -0.2) is 13.1 Å². The number of nitrogens with zero attached hydrogens (tertiary/aromatic N) is 1. The Kier molecular flexibility index (Phi) is 4.41. The van der Waals surface area contributed by atoms with Gasteiger partial charge in [-0.3, -0.25) is 0 Å². The summed E-state index contributed by atoms with van der Waals surface area (Å²) in [6, 6.07) is 8.78. The minimum Gasteiger partial charge on any atom is -0.372 e. The molecule has 0 aliphatic rings. The Morgan fingerprint density at radius 3 is 2.13 bits per heavy atom. The van der Waals surface area contributed by atoms with E-state index >= 15 is 0 Å². The number of hydrogen-bond donors (Lipinski definition) is 0. The smallest absolute Gasteiger partial charge is 0.0366 e. The Bertz CT molecular complexity index is 296. The van der Waals surface area contributed by atoms with Crippen molar-refractivity contribution in [2.75, 3.05) is 18.0 Å². The van der Waals surface area contributed by atoms with Crippen molar-refractivity contribution in [3.8, 4) is 0 Å². The molecule has 1 aromatic rings. The van der Waals surface area contributed by atoms with Gasteiger partial charge in [0.25, 0.3) is 0 Å². The quantitative estimate of drug-likeness (QED) is 0.657. The molecule has 1 aromatic carbocycles. The van der Waals surface area contributed by atoms with Gasteiger partial charge in [0.1, 0.15) is 0 Å². The first-order chi connectivity index (χ1) is 7.22. The number of anilines is 1. The van der Waals surface area contributed by atoms with Crippen molar-refractivity contribution in [3.05, 3.63) is 42.5 Å². The maximum absolute atomic E-state index is 3.82. The molecule has 0 bridgehead atoms. The first kappa shape index (κ1) is 11.8. The summed E-state index contributed by atoms with van der Waals surface area (Å²) < 4.78 is 0. The summed E-state index contributed by atoms with van der Waals surface area (Å²) in [5.41, 5.74) is 2.64. The Morgan fingerprint density at radius 2 is 1.73 bits per heavy atom. The molecular weight excluding hydrogens is 182 g/mol.